The molecule has 1 heterocycles. The zero-order chi connectivity index (χ0) is 17.0. The van der Waals surface area contributed by atoms with Gasteiger partial charge in [0.25, 0.3) is 0 Å². The quantitative estimate of drug-likeness (QED) is 0.869. The van der Waals surface area contributed by atoms with Gasteiger partial charge in [-0.1, -0.05) is 12.1 Å². The van der Waals surface area contributed by atoms with Crippen LogP contribution in [0, 0.1) is 18.7 Å². The Hall–Kier alpha value is -1.95. The third-order valence-electron chi connectivity index (χ3n) is 4.51. The Morgan fingerprint density at radius 2 is 2.04 bits per heavy atom. The zero-order valence-corrected chi connectivity index (χ0v) is 13.5. The molecular formula is C17H23FN2O3. The summed E-state index contributed by atoms with van der Waals surface area (Å²) in [6, 6.07) is 4.42. The number of likely N-dealkylation sites (tertiary alicyclic amines) is 1. The second kappa shape index (κ2) is 7.55. The molecule has 6 heteroatoms. The van der Waals surface area contributed by atoms with E-state index in [-0.39, 0.29) is 17.6 Å². The van der Waals surface area contributed by atoms with Crippen molar-refractivity contribution in [2.24, 2.45) is 5.92 Å². The SMILES string of the molecule is Cc1ccc(CNC(=O)C2CCN([C@@H](C)C(=O)O)CC2)cc1F. The standard InChI is InChI=1S/C17H23FN2O3/c1-11-3-4-13(9-15(11)18)10-19-16(21)14-5-7-20(8-6-14)12(2)17(22)23/h3-4,9,12,14H,5-8,10H2,1-2H3,(H,19,21)(H,22,23)/t12-/m0/s1. The van der Waals surface area contributed by atoms with E-state index in [2.05, 4.69) is 5.32 Å². The number of piperidine rings is 1. The van der Waals surface area contributed by atoms with Crippen molar-refractivity contribution in [2.75, 3.05) is 13.1 Å². The van der Waals surface area contributed by atoms with Crippen LogP contribution in [0.5, 0.6) is 0 Å². The van der Waals surface area contributed by atoms with Gasteiger partial charge >= 0.3 is 5.97 Å². The molecule has 1 aromatic rings. The minimum absolute atomic E-state index is 0.0476. The number of amides is 1. The number of aliphatic carboxylic acids is 1. The number of carbonyl (C=O) groups excluding carboxylic acids is 1. The molecule has 1 fully saturated rings. The first-order valence-corrected chi connectivity index (χ1v) is 7.88. The lowest BCUT2D eigenvalue weighted by molar-refractivity contribution is -0.143. The highest BCUT2D eigenvalue weighted by Gasteiger charge is 2.29. The molecule has 1 aromatic carbocycles. The van der Waals surface area contributed by atoms with Gasteiger partial charge in [0, 0.05) is 12.5 Å². The molecule has 1 saturated heterocycles. The van der Waals surface area contributed by atoms with E-state index in [4.69, 9.17) is 5.11 Å². The van der Waals surface area contributed by atoms with Gasteiger partial charge in [-0.05, 0) is 57.0 Å². The maximum Gasteiger partial charge on any atom is 0.320 e. The molecular weight excluding hydrogens is 299 g/mol. The number of hydrogen-bond acceptors (Lipinski definition) is 3. The fraction of sp³-hybridized carbons (Fsp3) is 0.529. The van der Waals surface area contributed by atoms with Gasteiger partial charge in [0.05, 0.1) is 0 Å². The number of nitrogens with one attached hydrogen (secondary N) is 1. The van der Waals surface area contributed by atoms with Crippen molar-refractivity contribution >= 4 is 11.9 Å². The lowest BCUT2D eigenvalue weighted by Crippen LogP contribution is -2.46. The number of hydrogen-bond donors (Lipinski definition) is 2. The number of carboxylic acid groups (broad SMARTS) is 1. The number of carboxylic acids is 1. The third-order valence-corrected chi connectivity index (χ3v) is 4.51. The van der Waals surface area contributed by atoms with Crippen LogP contribution in [0.3, 0.4) is 0 Å². The molecule has 0 bridgehead atoms. The van der Waals surface area contributed by atoms with Crippen LogP contribution in [0.25, 0.3) is 0 Å². The van der Waals surface area contributed by atoms with E-state index in [1.807, 2.05) is 4.90 Å². The second-order valence-corrected chi connectivity index (χ2v) is 6.13. The summed E-state index contributed by atoms with van der Waals surface area (Å²) < 4.78 is 13.5. The highest BCUT2D eigenvalue weighted by atomic mass is 19.1. The van der Waals surface area contributed by atoms with Crippen LogP contribution in [-0.2, 0) is 16.1 Å². The summed E-state index contributed by atoms with van der Waals surface area (Å²) in [4.78, 5) is 25.0. The van der Waals surface area contributed by atoms with Crippen LogP contribution in [0.1, 0.15) is 30.9 Å². The molecule has 0 radical (unpaired) electrons. The molecule has 1 aliphatic rings. The number of halogens is 1. The van der Waals surface area contributed by atoms with E-state index in [0.717, 1.165) is 5.56 Å². The molecule has 1 amide bonds. The molecule has 0 aliphatic carbocycles. The Kier molecular flexibility index (Phi) is 5.71. The van der Waals surface area contributed by atoms with E-state index in [1.165, 1.54) is 6.07 Å². The molecule has 1 aliphatic heterocycles. The fourth-order valence-electron chi connectivity index (χ4n) is 2.78. The van der Waals surface area contributed by atoms with Crippen molar-refractivity contribution in [2.45, 2.75) is 39.3 Å². The van der Waals surface area contributed by atoms with E-state index >= 15 is 0 Å². The minimum Gasteiger partial charge on any atom is -0.480 e. The van der Waals surface area contributed by atoms with Crippen molar-refractivity contribution in [1.82, 2.24) is 10.2 Å². The summed E-state index contributed by atoms with van der Waals surface area (Å²) in [7, 11) is 0. The smallest absolute Gasteiger partial charge is 0.320 e. The van der Waals surface area contributed by atoms with Gasteiger partial charge in [-0.3, -0.25) is 14.5 Å². The molecule has 0 spiro atoms. The van der Waals surface area contributed by atoms with Crippen LogP contribution in [0.4, 0.5) is 4.39 Å². The molecule has 2 N–H and O–H groups in total. The Morgan fingerprint density at radius 1 is 1.39 bits per heavy atom. The monoisotopic (exact) mass is 322 g/mol. The zero-order valence-electron chi connectivity index (χ0n) is 13.5. The number of aryl methyl sites for hydroxylation is 1. The number of carbonyl (C=O) groups is 2. The van der Waals surface area contributed by atoms with Gasteiger partial charge < -0.3 is 10.4 Å². The van der Waals surface area contributed by atoms with Crippen molar-refractivity contribution in [3.8, 4) is 0 Å². The topological polar surface area (TPSA) is 69.6 Å². The Labute approximate surface area is 135 Å². The maximum absolute atomic E-state index is 13.5. The average molecular weight is 322 g/mol. The van der Waals surface area contributed by atoms with Crippen molar-refractivity contribution in [3.63, 3.8) is 0 Å². The summed E-state index contributed by atoms with van der Waals surface area (Å²) in [6.45, 7) is 4.87. The highest BCUT2D eigenvalue weighted by molar-refractivity contribution is 5.78. The fourth-order valence-corrected chi connectivity index (χ4v) is 2.78. The Morgan fingerprint density at radius 3 is 2.61 bits per heavy atom. The van der Waals surface area contributed by atoms with E-state index < -0.39 is 12.0 Å². The minimum atomic E-state index is -0.839. The Bertz CT molecular complexity index is 583. The largest absolute Gasteiger partial charge is 0.480 e. The molecule has 23 heavy (non-hydrogen) atoms. The third kappa shape index (κ3) is 4.51. The van der Waals surface area contributed by atoms with Crippen molar-refractivity contribution < 1.29 is 19.1 Å². The van der Waals surface area contributed by atoms with Gasteiger partial charge in [0.2, 0.25) is 5.91 Å². The predicted octanol–water partition coefficient (Wildman–Crippen LogP) is 1.94. The molecule has 0 aromatic heterocycles. The summed E-state index contributed by atoms with van der Waals surface area (Å²) in [5.74, 6) is -1.27. The highest BCUT2D eigenvalue weighted by Crippen LogP contribution is 2.19. The van der Waals surface area contributed by atoms with Crippen LogP contribution in [-0.4, -0.2) is 41.0 Å². The second-order valence-electron chi connectivity index (χ2n) is 6.13. The number of nitrogens with zero attached hydrogens (tertiary/aromatic N) is 1. The average Bonchev–Trinajstić information content (AvgIpc) is 2.55. The Balaban J connectivity index is 1.81. The van der Waals surface area contributed by atoms with E-state index in [9.17, 15) is 14.0 Å². The van der Waals surface area contributed by atoms with E-state index in [1.54, 1.807) is 26.0 Å². The molecule has 0 saturated carbocycles. The van der Waals surface area contributed by atoms with Crippen LogP contribution < -0.4 is 5.32 Å². The van der Waals surface area contributed by atoms with Crippen molar-refractivity contribution in [3.05, 3.63) is 35.1 Å². The van der Waals surface area contributed by atoms with Gasteiger partial charge in [-0.2, -0.15) is 0 Å². The lowest BCUT2D eigenvalue weighted by Gasteiger charge is -2.33. The van der Waals surface area contributed by atoms with E-state index in [0.29, 0.717) is 38.0 Å². The summed E-state index contributed by atoms with van der Waals surface area (Å²) in [5, 5.41) is 11.9. The lowest BCUT2D eigenvalue weighted by atomic mass is 9.95. The summed E-state index contributed by atoms with van der Waals surface area (Å²) >= 11 is 0. The first-order chi connectivity index (χ1) is 10.9. The normalized spacial score (nSPS) is 17.7. The summed E-state index contributed by atoms with van der Waals surface area (Å²) in [6.07, 6.45) is 1.29. The first-order valence-electron chi connectivity index (χ1n) is 7.88. The van der Waals surface area contributed by atoms with Crippen LogP contribution in [0.2, 0.25) is 0 Å². The first kappa shape index (κ1) is 17.4. The molecule has 2 rings (SSSR count). The van der Waals surface area contributed by atoms with Gasteiger partial charge in [-0.25, -0.2) is 4.39 Å². The molecule has 5 nitrogen and oxygen atoms in total. The van der Waals surface area contributed by atoms with Crippen molar-refractivity contribution in [1.29, 1.82) is 0 Å². The number of rotatable bonds is 5. The summed E-state index contributed by atoms with van der Waals surface area (Å²) in [5.41, 5.74) is 1.32. The van der Waals surface area contributed by atoms with Gasteiger partial charge in [0.1, 0.15) is 11.9 Å². The maximum atomic E-state index is 13.5. The molecule has 0 unspecified atom stereocenters. The molecule has 126 valence electrons. The van der Waals surface area contributed by atoms with Crippen LogP contribution in [0.15, 0.2) is 18.2 Å². The van der Waals surface area contributed by atoms with Gasteiger partial charge in [0.15, 0.2) is 0 Å². The molecule has 1 atom stereocenters. The predicted molar refractivity (Wildman–Crippen MR) is 84.4 cm³/mol. The van der Waals surface area contributed by atoms with Gasteiger partial charge in [-0.15, -0.1) is 0 Å². The number of benzene rings is 1. The van der Waals surface area contributed by atoms with Crippen LogP contribution >= 0.6 is 0 Å².